The fourth-order valence-corrected chi connectivity index (χ4v) is 7.59. The fourth-order valence-electron chi connectivity index (χ4n) is 4.02. The van der Waals surface area contributed by atoms with Gasteiger partial charge in [0.1, 0.15) is 5.75 Å². The second-order valence-corrected chi connectivity index (χ2v) is 22.2. The van der Waals surface area contributed by atoms with Gasteiger partial charge in [0.15, 0.2) is 8.32 Å². The highest BCUT2D eigenvalue weighted by Crippen LogP contribution is 2.43. The third kappa shape index (κ3) is 4.55. The van der Waals surface area contributed by atoms with Gasteiger partial charge in [-0.1, -0.05) is 66.5 Å². The molecular weight excluding hydrogens is 416 g/mol. The van der Waals surface area contributed by atoms with Crippen LogP contribution in [0.4, 0.5) is 0 Å². The van der Waals surface area contributed by atoms with E-state index in [-0.39, 0.29) is 10.1 Å². The third-order valence-corrected chi connectivity index (χ3v) is 18.1. The summed E-state index contributed by atoms with van der Waals surface area (Å²) >= 11 is 0. The smallest absolute Gasteiger partial charge is 0.192 e. The maximum Gasteiger partial charge on any atom is 0.192 e. The molecule has 172 valence electrons. The molecule has 0 saturated heterocycles. The monoisotopic (exact) mass is 458 g/mol. The minimum atomic E-state index is -1.77. The molecule has 5 heteroatoms. The van der Waals surface area contributed by atoms with Gasteiger partial charge in [0.05, 0.1) is 27.9 Å². The second kappa shape index (κ2) is 8.37. The minimum Gasteiger partial charge on any atom is -0.493 e. The molecule has 0 amide bonds. The lowest BCUT2D eigenvalue weighted by Crippen LogP contribution is -2.51. The van der Waals surface area contributed by atoms with Crippen LogP contribution in [0.1, 0.15) is 70.2 Å². The first-order valence-electron chi connectivity index (χ1n) is 11.7. The van der Waals surface area contributed by atoms with E-state index in [1.807, 2.05) is 0 Å². The molecule has 3 rings (SSSR count). The van der Waals surface area contributed by atoms with Crippen LogP contribution in [0, 0.1) is 11.8 Å². The summed E-state index contributed by atoms with van der Waals surface area (Å²) in [5.41, 5.74) is 5.19. The second-order valence-electron chi connectivity index (χ2n) is 12.1. The van der Waals surface area contributed by atoms with E-state index >= 15 is 0 Å². The van der Waals surface area contributed by atoms with Gasteiger partial charge in [-0.2, -0.15) is 0 Å². The molecule has 0 bridgehead atoms. The van der Waals surface area contributed by atoms with Crippen LogP contribution < -0.4 is 9.92 Å². The standard InChI is InChI=1S/C26H42O3Si2/c1-25(2,3)30(7,8)24-22-18-27-17-21(22)19(20-14-16-28-23(20)24)13-11-12-15-29-31(9,10)26(4,5)6/h12,14-18H2,1-10H3. The summed E-state index contributed by atoms with van der Waals surface area (Å²) in [5, 5.41) is 1.96. The molecule has 0 unspecified atom stereocenters. The number of hydrogen-bond donors (Lipinski definition) is 0. The molecule has 1 aromatic rings. The molecule has 0 saturated carbocycles. The van der Waals surface area contributed by atoms with Crippen molar-refractivity contribution in [1.29, 1.82) is 0 Å². The van der Waals surface area contributed by atoms with Gasteiger partial charge in [-0.25, -0.2) is 0 Å². The van der Waals surface area contributed by atoms with Gasteiger partial charge in [-0.05, 0) is 39.5 Å². The highest BCUT2D eigenvalue weighted by atomic mass is 28.4. The quantitative estimate of drug-likeness (QED) is 0.308. The average Bonchev–Trinajstić information content (AvgIpc) is 3.27. The summed E-state index contributed by atoms with van der Waals surface area (Å²) in [4.78, 5) is 0. The zero-order valence-electron chi connectivity index (χ0n) is 21.5. The van der Waals surface area contributed by atoms with E-state index in [1.54, 1.807) is 0 Å². The van der Waals surface area contributed by atoms with E-state index in [0.717, 1.165) is 25.2 Å². The SMILES string of the molecule is CC(C)(C)[Si](C)(C)OCCC#Cc1c2c(c([Si](C)(C)C(C)(C)C)c3c1CCO3)COC2. The summed E-state index contributed by atoms with van der Waals surface area (Å²) in [6.07, 6.45) is 1.72. The van der Waals surface area contributed by atoms with Crippen LogP contribution in [0.3, 0.4) is 0 Å². The number of fused-ring (bicyclic) bond motifs is 2. The van der Waals surface area contributed by atoms with E-state index in [1.165, 1.54) is 27.4 Å². The van der Waals surface area contributed by atoms with Crippen LogP contribution in [0.2, 0.25) is 36.3 Å². The molecule has 2 heterocycles. The van der Waals surface area contributed by atoms with Gasteiger partial charge in [0.25, 0.3) is 0 Å². The average molecular weight is 459 g/mol. The van der Waals surface area contributed by atoms with Gasteiger partial charge < -0.3 is 13.9 Å². The lowest BCUT2D eigenvalue weighted by atomic mass is 9.96. The molecule has 31 heavy (non-hydrogen) atoms. The normalized spacial score (nSPS) is 16.5. The van der Waals surface area contributed by atoms with Crippen molar-refractivity contribution in [3.63, 3.8) is 0 Å². The molecule has 2 aliphatic rings. The molecule has 0 aliphatic carbocycles. The van der Waals surface area contributed by atoms with Crippen molar-refractivity contribution in [2.75, 3.05) is 13.2 Å². The predicted octanol–water partition coefficient (Wildman–Crippen LogP) is 6.13. The lowest BCUT2D eigenvalue weighted by Gasteiger charge is -2.39. The van der Waals surface area contributed by atoms with Crippen LogP contribution in [0.5, 0.6) is 5.75 Å². The van der Waals surface area contributed by atoms with Gasteiger partial charge in [0.2, 0.25) is 0 Å². The van der Waals surface area contributed by atoms with E-state index in [4.69, 9.17) is 13.9 Å². The Balaban J connectivity index is 1.93. The Morgan fingerprint density at radius 1 is 0.903 bits per heavy atom. The van der Waals surface area contributed by atoms with Crippen LogP contribution in [0.25, 0.3) is 0 Å². The maximum absolute atomic E-state index is 6.31. The molecule has 0 spiro atoms. The summed E-state index contributed by atoms with van der Waals surface area (Å²) < 4.78 is 18.6. The Hall–Kier alpha value is -1.07. The van der Waals surface area contributed by atoms with Crippen LogP contribution in [-0.4, -0.2) is 29.6 Å². The van der Waals surface area contributed by atoms with E-state index in [2.05, 4.69) is 79.6 Å². The zero-order valence-corrected chi connectivity index (χ0v) is 23.5. The fraction of sp³-hybridized carbons (Fsp3) is 0.692. The molecular formula is C26H42O3Si2. The Labute approximate surface area is 192 Å². The molecule has 0 N–H and O–H groups in total. The topological polar surface area (TPSA) is 27.7 Å². The van der Waals surface area contributed by atoms with E-state index < -0.39 is 16.4 Å². The highest BCUT2D eigenvalue weighted by Gasteiger charge is 2.44. The molecule has 0 aromatic heterocycles. The Bertz CT molecular complexity index is 871. The number of hydrogen-bond acceptors (Lipinski definition) is 3. The Morgan fingerprint density at radius 3 is 2.16 bits per heavy atom. The molecule has 0 fully saturated rings. The molecule has 3 nitrogen and oxygen atoms in total. The molecule has 0 atom stereocenters. The van der Waals surface area contributed by atoms with Crippen LogP contribution in [0.15, 0.2) is 0 Å². The lowest BCUT2D eigenvalue weighted by molar-refractivity contribution is 0.134. The van der Waals surface area contributed by atoms with Crippen molar-refractivity contribution in [1.82, 2.24) is 0 Å². The predicted molar refractivity (Wildman–Crippen MR) is 136 cm³/mol. The highest BCUT2D eigenvalue weighted by molar-refractivity contribution is 6.93. The van der Waals surface area contributed by atoms with Gasteiger partial charge in [-0.15, -0.1) is 0 Å². The van der Waals surface area contributed by atoms with Crippen molar-refractivity contribution in [3.8, 4) is 17.6 Å². The van der Waals surface area contributed by atoms with Crippen LogP contribution >= 0.6 is 0 Å². The van der Waals surface area contributed by atoms with Gasteiger partial charge in [0, 0.05) is 30.6 Å². The zero-order chi connectivity index (χ0) is 23.2. The first-order valence-corrected chi connectivity index (χ1v) is 17.6. The minimum absolute atomic E-state index is 0.232. The summed E-state index contributed by atoms with van der Waals surface area (Å²) in [5.74, 6) is 8.09. The summed E-state index contributed by atoms with van der Waals surface area (Å²) in [6.45, 7) is 26.4. The summed E-state index contributed by atoms with van der Waals surface area (Å²) in [6, 6.07) is 0. The largest absolute Gasteiger partial charge is 0.493 e. The molecule has 2 aliphatic heterocycles. The van der Waals surface area contributed by atoms with E-state index in [0.29, 0.717) is 19.8 Å². The first-order chi connectivity index (χ1) is 14.2. The van der Waals surface area contributed by atoms with Crippen molar-refractivity contribution in [2.45, 2.75) is 104 Å². The Morgan fingerprint density at radius 2 is 1.55 bits per heavy atom. The Kier molecular flexibility index (Phi) is 6.64. The third-order valence-electron chi connectivity index (χ3n) is 8.07. The van der Waals surface area contributed by atoms with Crippen molar-refractivity contribution < 1.29 is 13.9 Å². The maximum atomic E-state index is 6.31. The number of benzene rings is 1. The number of ether oxygens (including phenoxy) is 2. The van der Waals surface area contributed by atoms with E-state index in [9.17, 15) is 0 Å². The van der Waals surface area contributed by atoms with Crippen LogP contribution in [-0.2, 0) is 28.8 Å². The van der Waals surface area contributed by atoms with Gasteiger partial charge in [-0.3, -0.25) is 0 Å². The summed E-state index contributed by atoms with van der Waals surface area (Å²) in [7, 11) is -3.49. The van der Waals surface area contributed by atoms with Gasteiger partial charge >= 0.3 is 0 Å². The molecule has 0 radical (unpaired) electrons. The molecule has 1 aromatic carbocycles. The van der Waals surface area contributed by atoms with Crippen molar-refractivity contribution >= 4 is 21.6 Å². The van der Waals surface area contributed by atoms with Crippen molar-refractivity contribution in [2.24, 2.45) is 0 Å². The first kappa shape index (κ1) is 24.6. The number of rotatable bonds is 4. The van der Waals surface area contributed by atoms with Crippen molar-refractivity contribution in [3.05, 3.63) is 22.3 Å².